The van der Waals surface area contributed by atoms with E-state index in [1.807, 2.05) is 0 Å². The van der Waals surface area contributed by atoms with Crippen LogP contribution in [-0.4, -0.2) is 54.9 Å². The first-order valence-corrected chi connectivity index (χ1v) is 8.44. The second-order valence-electron chi connectivity index (χ2n) is 5.41. The van der Waals surface area contributed by atoms with Crippen LogP contribution in [0.1, 0.15) is 23.2 Å². The van der Waals surface area contributed by atoms with Crippen LogP contribution in [0.2, 0.25) is 0 Å². The van der Waals surface area contributed by atoms with Gasteiger partial charge in [-0.1, -0.05) is 29.3 Å². The minimum Gasteiger partial charge on any atom is -0.496 e. The average Bonchev–Trinajstić information content (AvgIpc) is 2.60. The van der Waals surface area contributed by atoms with Crippen LogP contribution in [0.15, 0.2) is 18.2 Å². The maximum atomic E-state index is 12.8. The number of carbonyl (C=O) groups excluding carboxylic acids is 2. The number of piperidine rings is 1. The Labute approximate surface area is 151 Å². The Morgan fingerprint density at radius 1 is 1.17 bits per heavy atom. The van der Waals surface area contributed by atoms with Crippen molar-refractivity contribution in [2.75, 3.05) is 27.3 Å². The maximum Gasteiger partial charge on any atom is 0.261 e. The highest BCUT2D eigenvalue weighted by Crippen LogP contribution is 2.30. The Morgan fingerprint density at radius 2 is 1.71 bits per heavy atom. The first-order chi connectivity index (χ1) is 11.5. The molecule has 8 heteroatoms. The number of hydrogen-bond acceptors (Lipinski definition) is 4. The summed E-state index contributed by atoms with van der Waals surface area (Å²) in [6, 6.07) is 5.18. The number of nitrogens with zero attached hydrogens (tertiary/aromatic N) is 1. The summed E-state index contributed by atoms with van der Waals surface area (Å²) in [5, 5.41) is 2.77. The van der Waals surface area contributed by atoms with E-state index in [-0.39, 0.29) is 11.9 Å². The van der Waals surface area contributed by atoms with Crippen molar-refractivity contribution in [3.63, 3.8) is 0 Å². The number of methoxy groups -OCH3 is 2. The van der Waals surface area contributed by atoms with Gasteiger partial charge in [0.05, 0.1) is 14.2 Å². The molecule has 2 amide bonds. The summed E-state index contributed by atoms with van der Waals surface area (Å²) in [7, 11) is 3.03. The molecule has 0 saturated carbocycles. The lowest BCUT2D eigenvalue weighted by Crippen LogP contribution is -2.47. The van der Waals surface area contributed by atoms with Gasteiger partial charge in [-0.05, 0) is 25.0 Å². The van der Waals surface area contributed by atoms with E-state index in [4.69, 9.17) is 32.7 Å². The third-order valence-corrected chi connectivity index (χ3v) is 4.36. The summed E-state index contributed by atoms with van der Waals surface area (Å²) in [5.41, 5.74) is 0.409. The number of halogens is 2. The van der Waals surface area contributed by atoms with Crippen molar-refractivity contribution in [3.05, 3.63) is 23.8 Å². The molecule has 1 N–H and O–H groups in total. The first-order valence-electron chi connectivity index (χ1n) is 7.56. The standard InChI is InChI=1S/C16H20Cl2N2O4/c1-23-11-4-3-5-12(24-2)13(11)16(22)20-8-6-10(7-9-20)19-15(21)14(17)18/h3-5,10,14H,6-9H2,1-2H3,(H,19,21). The summed E-state index contributed by atoms with van der Waals surface area (Å²) < 4.78 is 10.6. The van der Waals surface area contributed by atoms with Gasteiger partial charge in [0.25, 0.3) is 11.8 Å². The molecule has 0 atom stereocenters. The molecule has 0 aromatic heterocycles. The van der Waals surface area contributed by atoms with Crippen molar-refractivity contribution in [2.24, 2.45) is 0 Å². The molecule has 1 aromatic rings. The molecule has 0 aliphatic carbocycles. The quantitative estimate of drug-likeness (QED) is 0.802. The van der Waals surface area contributed by atoms with Crippen molar-refractivity contribution < 1.29 is 19.1 Å². The van der Waals surface area contributed by atoms with Crippen molar-refractivity contribution >= 4 is 35.0 Å². The molecule has 0 radical (unpaired) electrons. The van der Waals surface area contributed by atoms with Crippen molar-refractivity contribution in [3.8, 4) is 11.5 Å². The van der Waals surface area contributed by atoms with E-state index in [0.29, 0.717) is 43.0 Å². The topological polar surface area (TPSA) is 67.9 Å². The van der Waals surface area contributed by atoms with Gasteiger partial charge < -0.3 is 19.7 Å². The smallest absolute Gasteiger partial charge is 0.261 e. The van der Waals surface area contributed by atoms with Gasteiger partial charge in [0, 0.05) is 19.1 Å². The van der Waals surface area contributed by atoms with Crippen LogP contribution in [0, 0.1) is 0 Å². The monoisotopic (exact) mass is 374 g/mol. The molecule has 132 valence electrons. The maximum absolute atomic E-state index is 12.8. The zero-order chi connectivity index (χ0) is 17.7. The number of likely N-dealkylation sites (tertiary alicyclic amines) is 1. The van der Waals surface area contributed by atoms with Gasteiger partial charge in [-0.3, -0.25) is 9.59 Å². The Kier molecular flexibility index (Phi) is 6.57. The zero-order valence-corrected chi connectivity index (χ0v) is 15.1. The van der Waals surface area contributed by atoms with Gasteiger partial charge in [-0.2, -0.15) is 0 Å². The number of alkyl halides is 2. The number of ether oxygens (including phenoxy) is 2. The van der Waals surface area contributed by atoms with E-state index < -0.39 is 10.7 Å². The first kappa shape index (κ1) is 18.7. The number of rotatable bonds is 5. The molecule has 1 aliphatic rings. The molecule has 6 nitrogen and oxygen atoms in total. The Morgan fingerprint density at radius 3 is 2.17 bits per heavy atom. The predicted octanol–water partition coefficient (Wildman–Crippen LogP) is 2.23. The number of amides is 2. The molecule has 0 spiro atoms. The largest absolute Gasteiger partial charge is 0.496 e. The Bertz CT molecular complexity index is 579. The highest BCUT2D eigenvalue weighted by molar-refractivity contribution is 6.53. The summed E-state index contributed by atoms with van der Waals surface area (Å²) in [5.74, 6) is 0.389. The minimum absolute atomic E-state index is 0.0406. The number of carbonyl (C=O) groups is 2. The normalized spacial score (nSPS) is 15.3. The molecule has 1 heterocycles. The van der Waals surface area contributed by atoms with Gasteiger partial charge in [0.15, 0.2) is 4.84 Å². The molecule has 1 aromatic carbocycles. The fourth-order valence-electron chi connectivity index (χ4n) is 2.71. The van der Waals surface area contributed by atoms with Crippen molar-refractivity contribution in [2.45, 2.75) is 23.7 Å². The fraction of sp³-hybridized carbons (Fsp3) is 0.500. The van der Waals surface area contributed by atoms with Crippen molar-refractivity contribution in [1.82, 2.24) is 10.2 Å². The molecule has 24 heavy (non-hydrogen) atoms. The van der Waals surface area contributed by atoms with Crippen LogP contribution in [0.5, 0.6) is 11.5 Å². The lowest BCUT2D eigenvalue weighted by molar-refractivity contribution is -0.120. The fourth-order valence-corrected chi connectivity index (χ4v) is 2.84. The number of hydrogen-bond donors (Lipinski definition) is 1. The Hall–Kier alpha value is -1.66. The summed E-state index contributed by atoms with van der Waals surface area (Å²) >= 11 is 11.1. The van der Waals surface area contributed by atoms with E-state index in [1.54, 1.807) is 23.1 Å². The van der Waals surface area contributed by atoms with Gasteiger partial charge in [-0.25, -0.2) is 0 Å². The lowest BCUT2D eigenvalue weighted by Gasteiger charge is -2.33. The predicted molar refractivity (Wildman–Crippen MR) is 92.1 cm³/mol. The van der Waals surface area contributed by atoms with E-state index in [0.717, 1.165) is 0 Å². The SMILES string of the molecule is COc1cccc(OC)c1C(=O)N1CCC(NC(=O)C(Cl)Cl)CC1. The molecule has 1 fully saturated rings. The van der Waals surface area contributed by atoms with Crippen LogP contribution < -0.4 is 14.8 Å². The molecule has 1 aliphatic heterocycles. The highest BCUT2D eigenvalue weighted by atomic mass is 35.5. The summed E-state index contributed by atoms with van der Waals surface area (Å²) in [4.78, 5) is 25.0. The van der Waals surface area contributed by atoms with Gasteiger partial charge in [0.1, 0.15) is 17.1 Å². The lowest BCUT2D eigenvalue weighted by atomic mass is 10.0. The highest BCUT2D eigenvalue weighted by Gasteiger charge is 2.29. The van der Waals surface area contributed by atoms with E-state index in [2.05, 4.69) is 5.32 Å². The second-order valence-corrected chi connectivity index (χ2v) is 6.51. The van der Waals surface area contributed by atoms with Crippen LogP contribution in [-0.2, 0) is 4.79 Å². The average molecular weight is 375 g/mol. The molecular formula is C16H20Cl2N2O4. The van der Waals surface area contributed by atoms with E-state index in [9.17, 15) is 9.59 Å². The minimum atomic E-state index is -1.08. The van der Waals surface area contributed by atoms with Gasteiger partial charge >= 0.3 is 0 Å². The second kappa shape index (κ2) is 8.44. The van der Waals surface area contributed by atoms with E-state index >= 15 is 0 Å². The third kappa shape index (κ3) is 4.24. The Balaban J connectivity index is 2.05. The number of benzene rings is 1. The number of nitrogens with one attached hydrogen (secondary N) is 1. The van der Waals surface area contributed by atoms with Gasteiger partial charge in [-0.15, -0.1) is 0 Å². The molecule has 0 unspecified atom stereocenters. The molecule has 2 rings (SSSR count). The summed E-state index contributed by atoms with van der Waals surface area (Å²) in [6.07, 6.45) is 1.27. The van der Waals surface area contributed by atoms with Gasteiger partial charge in [0.2, 0.25) is 0 Å². The summed E-state index contributed by atoms with van der Waals surface area (Å²) in [6.45, 7) is 1.03. The third-order valence-electron chi connectivity index (χ3n) is 3.97. The van der Waals surface area contributed by atoms with E-state index in [1.165, 1.54) is 14.2 Å². The molecular weight excluding hydrogens is 355 g/mol. The van der Waals surface area contributed by atoms with Crippen LogP contribution in [0.25, 0.3) is 0 Å². The molecule has 1 saturated heterocycles. The van der Waals surface area contributed by atoms with Crippen LogP contribution in [0.4, 0.5) is 0 Å². The zero-order valence-electron chi connectivity index (χ0n) is 13.6. The molecule has 0 bridgehead atoms. The van der Waals surface area contributed by atoms with Crippen LogP contribution >= 0.6 is 23.2 Å². The van der Waals surface area contributed by atoms with Crippen LogP contribution in [0.3, 0.4) is 0 Å². The van der Waals surface area contributed by atoms with Crippen molar-refractivity contribution in [1.29, 1.82) is 0 Å².